The minimum Gasteiger partial charge on any atom is -0.458 e. The molecule has 1 atom stereocenters. The maximum atomic E-state index is 11.6. The molecule has 0 aliphatic carbocycles. The first-order valence-corrected chi connectivity index (χ1v) is 18.5. The average Bonchev–Trinajstić information content (AvgIpc) is 3.01. The topological polar surface area (TPSA) is 35.5 Å². The molecule has 0 bridgehead atoms. The van der Waals surface area contributed by atoms with Crippen molar-refractivity contribution >= 4 is 30.7 Å². The van der Waals surface area contributed by atoms with Gasteiger partial charge in [0, 0.05) is 13.5 Å². The SMILES string of the molecule is CCCCCCC(/C=C/C=C/c1ccccc1CCCCCO[Si](c1ccccc1)(c1ccccc1)C(C)(C)C)OC(C)=O. The van der Waals surface area contributed by atoms with Crippen molar-refractivity contribution in [1.82, 2.24) is 0 Å². The highest BCUT2D eigenvalue weighted by Crippen LogP contribution is 2.36. The summed E-state index contributed by atoms with van der Waals surface area (Å²) in [6, 6.07) is 30.4. The predicted molar refractivity (Wildman–Crippen MR) is 190 cm³/mol. The summed E-state index contributed by atoms with van der Waals surface area (Å²) in [5.74, 6) is -0.221. The van der Waals surface area contributed by atoms with Crippen LogP contribution in [0.2, 0.25) is 5.04 Å². The molecule has 236 valence electrons. The van der Waals surface area contributed by atoms with Gasteiger partial charge in [-0.1, -0.05) is 157 Å². The van der Waals surface area contributed by atoms with Crippen molar-refractivity contribution in [2.45, 2.75) is 104 Å². The van der Waals surface area contributed by atoms with E-state index in [0.29, 0.717) is 0 Å². The number of carbonyl (C=O) groups excluding carboxylic acids is 1. The van der Waals surface area contributed by atoms with Gasteiger partial charge in [-0.2, -0.15) is 0 Å². The largest absolute Gasteiger partial charge is 0.458 e. The molecule has 0 saturated heterocycles. The number of aryl methyl sites for hydroxylation is 1. The van der Waals surface area contributed by atoms with Crippen LogP contribution in [0.4, 0.5) is 0 Å². The monoisotopic (exact) mass is 610 g/mol. The van der Waals surface area contributed by atoms with Crippen molar-refractivity contribution in [2.75, 3.05) is 6.61 Å². The highest BCUT2D eigenvalue weighted by molar-refractivity contribution is 6.99. The minimum absolute atomic E-state index is 0.00267. The van der Waals surface area contributed by atoms with Gasteiger partial charge in [0.15, 0.2) is 0 Å². The van der Waals surface area contributed by atoms with Crippen LogP contribution < -0.4 is 10.4 Å². The second kappa shape index (κ2) is 18.6. The van der Waals surface area contributed by atoms with E-state index in [1.54, 1.807) is 0 Å². The van der Waals surface area contributed by atoms with Gasteiger partial charge in [-0.05, 0) is 64.7 Å². The van der Waals surface area contributed by atoms with E-state index in [-0.39, 0.29) is 17.1 Å². The maximum Gasteiger partial charge on any atom is 0.303 e. The number of benzene rings is 3. The van der Waals surface area contributed by atoms with Crippen LogP contribution in [-0.4, -0.2) is 27.0 Å². The third-order valence-electron chi connectivity index (χ3n) is 8.25. The van der Waals surface area contributed by atoms with Gasteiger partial charge >= 0.3 is 5.97 Å². The first-order chi connectivity index (χ1) is 21.3. The number of carbonyl (C=O) groups is 1. The van der Waals surface area contributed by atoms with E-state index in [0.717, 1.165) is 45.1 Å². The maximum absolute atomic E-state index is 11.6. The molecule has 44 heavy (non-hydrogen) atoms. The molecule has 0 heterocycles. The van der Waals surface area contributed by atoms with Crippen molar-refractivity contribution in [3.05, 3.63) is 114 Å². The van der Waals surface area contributed by atoms with Crippen molar-refractivity contribution in [2.24, 2.45) is 0 Å². The van der Waals surface area contributed by atoms with E-state index in [1.807, 2.05) is 12.2 Å². The van der Waals surface area contributed by atoms with Crippen LogP contribution in [0, 0.1) is 0 Å². The first-order valence-electron chi connectivity index (χ1n) is 16.6. The Hall–Kier alpha value is -3.21. The van der Waals surface area contributed by atoms with Gasteiger partial charge in [0.1, 0.15) is 6.10 Å². The summed E-state index contributed by atoms with van der Waals surface area (Å²) in [4.78, 5) is 11.6. The number of hydrogen-bond donors (Lipinski definition) is 0. The molecule has 0 spiro atoms. The zero-order valence-electron chi connectivity index (χ0n) is 27.8. The van der Waals surface area contributed by atoms with Gasteiger partial charge in [0.2, 0.25) is 0 Å². The average molecular weight is 611 g/mol. The summed E-state index contributed by atoms with van der Waals surface area (Å²) in [7, 11) is -2.47. The Bertz CT molecular complexity index is 1250. The second-order valence-electron chi connectivity index (χ2n) is 12.8. The smallest absolute Gasteiger partial charge is 0.303 e. The molecule has 0 aromatic heterocycles. The van der Waals surface area contributed by atoms with Gasteiger partial charge in [-0.25, -0.2) is 0 Å². The fourth-order valence-electron chi connectivity index (χ4n) is 6.03. The molecule has 0 saturated carbocycles. The van der Waals surface area contributed by atoms with Crippen LogP contribution in [0.25, 0.3) is 6.08 Å². The summed E-state index contributed by atoms with van der Waals surface area (Å²) in [6.45, 7) is 11.5. The molecule has 1 unspecified atom stereocenters. The van der Waals surface area contributed by atoms with E-state index in [4.69, 9.17) is 9.16 Å². The molecular weight excluding hydrogens is 557 g/mol. The molecule has 3 nitrogen and oxygen atoms in total. The van der Waals surface area contributed by atoms with Crippen LogP contribution in [0.5, 0.6) is 0 Å². The normalized spacial score (nSPS) is 13.0. The number of esters is 1. The first kappa shape index (κ1) is 35.3. The third kappa shape index (κ3) is 10.7. The lowest BCUT2D eigenvalue weighted by Crippen LogP contribution is -2.66. The van der Waals surface area contributed by atoms with E-state index < -0.39 is 8.32 Å². The lowest BCUT2D eigenvalue weighted by atomic mass is 10.0. The van der Waals surface area contributed by atoms with Gasteiger partial charge in [-0.15, -0.1) is 0 Å². The van der Waals surface area contributed by atoms with Crippen LogP contribution >= 0.6 is 0 Å². The highest BCUT2D eigenvalue weighted by atomic mass is 28.4. The van der Waals surface area contributed by atoms with Crippen LogP contribution in [-0.2, 0) is 20.4 Å². The summed E-state index contributed by atoms with van der Waals surface area (Å²) in [5.41, 5.74) is 2.61. The van der Waals surface area contributed by atoms with Crippen LogP contribution in [0.15, 0.2) is 103 Å². The Labute approximate surface area is 268 Å². The van der Waals surface area contributed by atoms with Crippen molar-refractivity contribution in [1.29, 1.82) is 0 Å². The Morgan fingerprint density at radius 2 is 1.39 bits per heavy atom. The molecule has 0 fully saturated rings. The number of ether oxygens (including phenoxy) is 1. The minimum atomic E-state index is -2.47. The van der Waals surface area contributed by atoms with Crippen molar-refractivity contribution in [3.63, 3.8) is 0 Å². The Balaban J connectivity index is 1.57. The van der Waals surface area contributed by atoms with Gasteiger partial charge < -0.3 is 9.16 Å². The highest BCUT2D eigenvalue weighted by Gasteiger charge is 2.49. The van der Waals surface area contributed by atoms with Crippen molar-refractivity contribution in [3.8, 4) is 0 Å². The summed E-state index contributed by atoms with van der Waals surface area (Å²) < 4.78 is 12.6. The van der Waals surface area contributed by atoms with Crippen LogP contribution in [0.3, 0.4) is 0 Å². The van der Waals surface area contributed by atoms with E-state index in [1.165, 1.54) is 47.7 Å². The lowest BCUT2D eigenvalue weighted by Gasteiger charge is -2.43. The zero-order valence-corrected chi connectivity index (χ0v) is 28.8. The van der Waals surface area contributed by atoms with Gasteiger partial charge in [0.25, 0.3) is 8.32 Å². The van der Waals surface area contributed by atoms with Crippen LogP contribution in [0.1, 0.15) is 97.1 Å². The molecule has 4 heteroatoms. The molecule has 0 aliphatic heterocycles. The van der Waals surface area contributed by atoms with E-state index in [9.17, 15) is 4.79 Å². The lowest BCUT2D eigenvalue weighted by molar-refractivity contribution is -0.144. The molecule has 0 radical (unpaired) electrons. The fourth-order valence-corrected chi connectivity index (χ4v) is 10.6. The molecular formula is C40H54O3Si. The molecule has 0 aliphatic rings. The summed E-state index contributed by atoms with van der Waals surface area (Å²) in [5, 5.41) is 2.68. The van der Waals surface area contributed by atoms with Gasteiger partial charge in [0.05, 0.1) is 0 Å². The predicted octanol–water partition coefficient (Wildman–Crippen LogP) is 9.45. The third-order valence-corrected chi connectivity index (χ3v) is 13.3. The Morgan fingerprint density at radius 1 is 0.773 bits per heavy atom. The molecule has 3 aromatic carbocycles. The zero-order chi connectivity index (χ0) is 31.7. The number of unbranched alkanes of at least 4 members (excludes halogenated alkanes) is 5. The van der Waals surface area contributed by atoms with Crippen molar-refractivity contribution < 1.29 is 14.0 Å². The Morgan fingerprint density at radius 3 is 2.00 bits per heavy atom. The number of rotatable bonds is 18. The quantitative estimate of drug-likeness (QED) is 0.0623. The molecule has 3 rings (SSSR count). The van der Waals surface area contributed by atoms with E-state index >= 15 is 0 Å². The standard InChI is InChI=1S/C40H54O3Si/c1-6-7-8-13-27-37(43-34(2)41)28-21-20-26-36-25-19-18-24-35(36)23-12-11-22-33-42-44(40(3,4)5,38-29-14-9-15-30-38)39-31-16-10-17-32-39/h9-10,14-21,24-26,28-32,37H,6-8,11-13,22-23,27,33H2,1-5H3/b26-20+,28-21+. The molecule has 0 amide bonds. The molecule has 3 aromatic rings. The summed E-state index contributed by atoms with van der Waals surface area (Å²) >= 11 is 0. The summed E-state index contributed by atoms with van der Waals surface area (Å²) in [6.07, 6.45) is 18.0. The number of hydrogen-bond acceptors (Lipinski definition) is 3. The number of allylic oxidation sites excluding steroid dienone is 2. The Kier molecular flexibility index (Phi) is 14.9. The van der Waals surface area contributed by atoms with Gasteiger partial charge in [-0.3, -0.25) is 4.79 Å². The molecule has 0 N–H and O–H groups in total. The van der Waals surface area contributed by atoms with E-state index in [2.05, 4.69) is 125 Å². The fraction of sp³-hybridized carbons (Fsp3) is 0.425. The second-order valence-corrected chi connectivity index (χ2v) is 17.1.